The van der Waals surface area contributed by atoms with Crippen LogP contribution in [0.2, 0.25) is 0 Å². The van der Waals surface area contributed by atoms with E-state index in [4.69, 9.17) is 0 Å². The van der Waals surface area contributed by atoms with Crippen LogP contribution in [0.1, 0.15) is 58.8 Å². The Balaban J connectivity index is 0.00000196. The summed E-state index contributed by atoms with van der Waals surface area (Å²) < 4.78 is 0. The van der Waals surface area contributed by atoms with Crippen LogP contribution in [-0.4, -0.2) is 19.6 Å². The standard InChI is InChI=1S/C13H27N.FH/c1-3-5-6-7-10-14-11-8-9-13(4-2)12-14;/h13H,3-12H2,1-2H3;1H. The van der Waals surface area contributed by atoms with E-state index in [1.165, 1.54) is 64.6 Å². The van der Waals surface area contributed by atoms with E-state index in [9.17, 15) is 0 Å². The molecule has 2 heteroatoms. The van der Waals surface area contributed by atoms with Gasteiger partial charge in [0.1, 0.15) is 0 Å². The van der Waals surface area contributed by atoms with Crippen molar-refractivity contribution in [2.24, 2.45) is 5.92 Å². The molecule has 1 aliphatic heterocycles. The summed E-state index contributed by atoms with van der Waals surface area (Å²) in [7, 11) is 0. The smallest absolute Gasteiger partial charge is 0.0799 e. The normalized spacial score (nSPS) is 26.0. The zero-order valence-corrected chi connectivity index (χ0v) is 10.5. The Morgan fingerprint density at radius 2 is 1.93 bits per heavy atom. The number of rotatable bonds is 6. The monoisotopic (exact) mass is 217 g/mol. The zero-order chi connectivity index (χ0) is 10.2. The molecule has 1 saturated heterocycles. The van der Waals surface area contributed by atoms with Gasteiger partial charge in [0.05, 0.1) is 19.6 Å². The van der Waals surface area contributed by atoms with E-state index in [1.54, 1.807) is 0 Å². The summed E-state index contributed by atoms with van der Waals surface area (Å²) in [5.41, 5.74) is 0. The zero-order valence-electron chi connectivity index (χ0n) is 10.5. The van der Waals surface area contributed by atoms with Crippen LogP contribution in [0.3, 0.4) is 0 Å². The maximum atomic E-state index is 2.35. The number of unbranched alkanes of at least 4 members (excludes halogenated alkanes) is 3. The molecule has 2 unspecified atom stereocenters. The van der Waals surface area contributed by atoms with Crippen LogP contribution in [0.4, 0.5) is 0 Å². The molecule has 0 bridgehead atoms. The highest BCUT2D eigenvalue weighted by molar-refractivity contribution is 4.59. The van der Waals surface area contributed by atoms with Gasteiger partial charge in [0, 0.05) is 5.92 Å². The molecule has 0 spiro atoms. The van der Waals surface area contributed by atoms with Gasteiger partial charge in [-0.05, 0) is 32.1 Å². The van der Waals surface area contributed by atoms with Crippen molar-refractivity contribution in [3.8, 4) is 0 Å². The number of piperidine rings is 1. The Bertz CT molecular complexity index is 138. The Labute approximate surface area is 94.6 Å². The van der Waals surface area contributed by atoms with E-state index in [0.717, 1.165) is 5.92 Å². The highest BCUT2D eigenvalue weighted by Crippen LogP contribution is 2.10. The van der Waals surface area contributed by atoms with Crippen LogP contribution in [0.5, 0.6) is 0 Å². The molecule has 1 rings (SSSR count). The number of hydrogen-bond acceptors (Lipinski definition) is 0. The van der Waals surface area contributed by atoms with Crippen molar-refractivity contribution in [1.82, 2.24) is 0 Å². The molecule has 1 nitrogen and oxygen atoms in total. The molecule has 0 aromatic carbocycles. The maximum absolute atomic E-state index is 2.35. The Morgan fingerprint density at radius 3 is 2.60 bits per heavy atom. The lowest BCUT2D eigenvalue weighted by molar-refractivity contribution is -0.909. The fourth-order valence-electron chi connectivity index (χ4n) is 2.63. The molecule has 92 valence electrons. The lowest BCUT2D eigenvalue weighted by Crippen LogP contribution is -3.13. The summed E-state index contributed by atoms with van der Waals surface area (Å²) in [6.07, 6.45) is 10.1. The van der Waals surface area contributed by atoms with Gasteiger partial charge in [-0.3, -0.25) is 0 Å². The van der Waals surface area contributed by atoms with E-state index in [0.29, 0.717) is 0 Å². The topological polar surface area (TPSA) is 4.44 Å². The second-order valence-electron chi connectivity index (χ2n) is 4.93. The van der Waals surface area contributed by atoms with Crippen LogP contribution in [-0.2, 0) is 0 Å². The summed E-state index contributed by atoms with van der Waals surface area (Å²) in [6, 6.07) is 0. The van der Waals surface area contributed by atoms with Crippen LogP contribution in [0.15, 0.2) is 0 Å². The molecule has 15 heavy (non-hydrogen) atoms. The summed E-state index contributed by atoms with van der Waals surface area (Å²) in [4.78, 5) is 1.89. The summed E-state index contributed by atoms with van der Waals surface area (Å²) >= 11 is 0. The van der Waals surface area contributed by atoms with Gasteiger partial charge in [-0.25, -0.2) is 0 Å². The highest BCUT2D eigenvalue weighted by atomic mass is 19.0. The number of likely N-dealkylation sites (tertiary alicyclic amines) is 1. The molecule has 1 heterocycles. The molecule has 0 aliphatic carbocycles. The van der Waals surface area contributed by atoms with Crippen LogP contribution < -0.4 is 9.60 Å². The third-order valence-corrected chi connectivity index (χ3v) is 3.68. The highest BCUT2D eigenvalue weighted by Gasteiger charge is 2.20. The predicted octanol–water partition coefficient (Wildman–Crippen LogP) is -0.724. The molecule has 0 radical (unpaired) electrons. The molecule has 1 aliphatic rings. The predicted molar refractivity (Wildman–Crippen MR) is 62.7 cm³/mol. The first-order chi connectivity index (χ1) is 6.86. The maximum Gasteiger partial charge on any atom is 0.0799 e. The Kier molecular flexibility index (Phi) is 9.07. The molecular formula is C13H28FN. The van der Waals surface area contributed by atoms with Crippen molar-refractivity contribution < 1.29 is 9.60 Å². The molecule has 0 amide bonds. The molecule has 1 fully saturated rings. The van der Waals surface area contributed by atoms with Crippen molar-refractivity contribution in [3.05, 3.63) is 0 Å². The van der Waals surface area contributed by atoms with Crippen LogP contribution in [0.25, 0.3) is 0 Å². The Hall–Kier alpha value is -0.110. The van der Waals surface area contributed by atoms with E-state index >= 15 is 0 Å². The SMILES string of the molecule is CCCCCC[NH+]1CCCC(CC)C1.[F-]. The van der Waals surface area contributed by atoms with Gasteiger partial charge in [0.15, 0.2) is 0 Å². The largest absolute Gasteiger partial charge is 1.00 e. The second-order valence-corrected chi connectivity index (χ2v) is 4.93. The van der Waals surface area contributed by atoms with Gasteiger partial charge in [-0.15, -0.1) is 0 Å². The first-order valence-electron chi connectivity index (χ1n) is 6.70. The van der Waals surface area contributed by atoms with Gasteiger partial charge in [-0.2, -0.15) is 0 Å². The summed E-state index contributed by atoms with van der Waals surface area (Å²) in [6.45, 7) is 8.99. The van der Waals surface area contributed by atoms with Crippen molar-refractivity contribution in [2.45, 2.75) is 58.8 Å². The van der Waals surface area contributed by atoms with Crippen molar-refractivity contribution in [3.63, 3.8) is 0 Å². The minimum Gasteiger partial charge on any atom is -1.00 e. The van der Waals surface area contributed by atoms with Gasteiger partial charge in [-0.1, -0.05) is 26.7 Å². The molecular weight excluding hydrogens is 189 g/mol. The van der Waals surface area contributed by atoms with E-state index in [2.05, 4.69) is 13.8 Å². The quantitative estimate of drug-likeness (QED) is 0.560. The minimum absolute atomic E-state index is 0. The van der Waals surface area contributed by atoms with Crippen molar-refractivity contribution in [2.75, 3.05) is 19.6 Å². The summed E-state index contributed by atoms with van der Waals surface area (Å²) in [5, 5.41) is 0. The number of hydrogen-bond donors (Lipinski definition) is 1. The Morgan fingerprint density at radius 1 is 1.13 bits per heavy atom. The third kappa shape index (κ3) is 6.14. The number of quaternary nitrogens is 1. The first-order valence-corrected chi connectivity index (χ1v) is 6.70. The second kappa shape index (κ2) is 9.14. The van der Waals surface area contributed by atoms with E-state index in [1.807, 2.05) is 4.90 Å². The third-order valence-electron chi connectivity index (χ3n) is 3.68. The van der Waals surface area contributed by atoms with Crippen molar-refractivity contribution >= 4 is 0 Å². The molecule has 0 saturated carbocycles. The lowest BCUT2D eigenvalue weighted by Gasteiger charge is -2.29. The average Bonchev–Trinajstić information content (AvgIpc) is 2.25. The van der Waals surface area contributed by atoms with E-state index < -0.39 is 0 Å². The number of nitrogens with one attached hydrogen (secondary N) is 1. The number of halogens is 1. The fraction of sp³-hybridized carbons (Fsp3) is 1.00. The molecule has 0 aromatic heterocycles. The van der Waals surface area contributed by atoms with E-state index in [-0.39, 0.29) is 4.70 Å². The fourth-order valence-corrected chi connectivity index (χ4v) is 2.63. The van der Waals surface area contributed by atoms with Gasteiger partial charge < -0.3 is 9.60 Å². The molecule has 2 atom stereocenters. The molecule has 0 aromatic rings. The van der Waals surface area contributed by atoms with Gasteiger partial charge in [0.25, 0.3) is 0 Å². The van der Waals surface area contributed by atoms with Crippen LogP contribution >= 0.6 is 0 Å². The van der Waals surface area contributed by atoms with Crippen LogP contribution in [0, 0.1) is 5.92 Å². The van der Waals surface area contributed by atoms with Gasteiger partial charge >= 0.3 is 0 Å². The summed E-state index contributed by atoms with van der Waals surface area (Å²) in [5.74, 6) is 1.03. The first kappa shape index (κ1) is 14.9. The van der Waals surface area contributed by atoms with Crippen molar-refractivity contribution in [1.29, 1.82) is 0 Å². The average molecular weight is 217 g/mol. The minimum atomic E-state index is 0. The lowest BCUT2D eigenvalue weighted by atomic mass is 9.95. The molecule has 1 N–H and O–H groups in total. The van der Waals surface area contributed by atoms with Gasteiger partial charge in [0.2, 0.25) is 0 Å².